The first-order valence-corrected chi connectivity index (χ1v) is 7.39. The Bertz CT molecular complexity index is 411. The summed E-state index contributed by atoms with van der Waals surface area (Å²) < 4.78 is 0. The predicted octanol–water partition coefficient (Wildman–Crippen LogP) is 2.71. The van der Waals surface area contributed by atoms with Crippen molar-refractivity contribution >= 4 is 5.95 Å². The van der Waals surface area contributed by atoms with Crippen molar-refractivity contribution in [3.63, 3.8) is 0 Å². The smallest absolute Gasteiger partial charge is 0.223 e. The summed E-state index contributed by atoms with van der Waals surface area (Å²) in [5.41, 5.74) is 2.15. The molecule has 4 nitrogen and oxygen atoms in total. The van der Waals surface area contributed by atoms with E-state index in [1.807, 2.05) is 6.92 Å². The van der Waals surface area contributed by atoms with Gasteiger partial charge in [-0.15, -0.1) is 0 Å². The van der Waals surface area contributed by atoms with Crippen LogP contribution >= 0.6 is 0 Å². The van der Waals surface area contributed by atoms with E-state index in [1.165, 1.54) is 12.8 Å². The van der Waals surface area contributed by atoms with Gasteiger partial charge < -0.3 is 10.6 Å². The summed E-state index contributed by atoms with van der Waals surface area (Å²) in [4.78, 5) is 9.13. The van der Waals surface area contributed by atoms with E-state index in [0.29, 0.717) is 17.9 Å². The van der Waals surface area contributed by atoms with Crippen LogP contribution in [0.25, 0.3) is 0 Å². The fourth-order valence-corrected chi connectivity index (χ4v) is 2.58. The molecule has 0 aromatic carbocycles. The maximum atomic E-state index is 4.63. The van der Waals surface area contributed by atoms with E-state index in [0.717, 1.165) is 30.4 Å². The second-order valence-corrected chi connectivity index (χ2v) is 5.95. The largest absolute Gasteiger partial charge is 0.351 e. The fourth-order valence-electron chi connectivity index (χ4n) is 2.58. The average molecular weight is 262 g/mol. The minimum atomic E-state index is 0.412. The molecule has 106 valence electrons. The third-order valence-corrected chi connectivity index (χ3v) is 3.86. The zero-order valence-corrected chi connectivity index (χ0v) is 12.5. The fraction of sp³-hybridized carbons (Fsp3) is 0.733. The van der Waals surface area contributed by atoms with Gasteiger partial charge in [0.15, 0.2) is 0 Å². The van der Waals surface area contributed by atoms with Gasteiger partial charge in [-0.3, -0.25) is 0 Å². The summed E-state index contributed by atoms with van der Waals surface area (Å²) in [5.74, 6) is 1.89. The van der Waals surface area contributed by atoms with Gasteiger partial charge in [-0.2, -0.15) is 0 Å². The van der Waals surface area contributed by atoms with Crippen LogP contribution in [0.2, 0.25) is 0 Å². The molecule has 2 heterocycles. The van der Waals surface area contributed by atoms with E-state index >= 15 is 0 Å². The number of rotatable bonds is 4. The molecule has 4 heteroatoms. The first-order chi connectivity index (χ1) is 9.06. The van der Waals surface area contributed by atoms with Crippen LogP contribution in [-0.2, 0) is 0 Å². The molecule has 19 heavy (non-hydrogen) atoms. The lowest BCUT2D eigenvalue weighted by molar-refractivity contribution is 0.346. The van der Waals surface area contributed by atoms with Crippen molar-refractivity contribution in [3.05, 3.63) is 17.5 Å². The maximum absolute atomic E-state index is 4.63. The first kappa shape index (κ1) is 14.3. The van der Waals surface area contributed by atoms with Gasteiger partial charge in [0.1, 0.15) is 0 Å². The molecular weight excluding hydrogens is 236 g/mol. The highest BCUT2D eigenvalue weighted by Gasteiger charge is 2.20. The summed E-state index contributed by atoms with van der Waals surface area (Å²) in [6.07, 6.45) is 2.55. The number of hydrogen-bond acceptors (Lipinski definition) is 4. The number of nitrogens with zero attached hydrogens (tertiary/aromatic N) is 2. The van der Waals surface area contributed by atoms with Crippen LogP contribution in [-0.4, -0.2) is 29.1 Å². The second kappa shape index (κ2) is 6.33. The molecule has 2 atom stereocenters. The van der Waals surface area contributed by atoms with E-state index in [-0.39, 0.29) is 0 Å². The summed E-state index contributed by atoms with van der Waals surface area (Å²) in [6.45, 7) is 10.8. The van der Waals surface area contributed by atoms with Crippen molar-refractivity contribution in [2.45, 2.75) is 52.5 Å². The Labute approximate surface area is 116 Å². The third kappa shape index (κ3) is 3.90. The molecule has 2 N–H and O–H groups in total. The van der Waals surface area contributed by atoms with E-state index in [1.54, 1.807) is 0 Å². The average Bonchev–Trinajstić information content (AvgIpc) is 2.39. The van der Waals surface area contributed by atoms with Crippen LogP contribution in [0.15, 0.2) is 6.07 Å². The van der Waals surface area contributed by atoms with Crippen molar-refractivity contribution in [2.75, 3.05) is 18.4 Å². The molecule has 1 aliphatic rings. The molecule has 1 aromatic heterocycles. The monoisotopic (exact) mass is 262 g/mol. The standard InChI is InChI=1S/C15H26N4/c1-10(2)14-8-11(3)17-15(19-14)18-12(4)13-6-5-7-16-9-13/h8,10,12-13,16H,5-7,9H2,1-4H3,(H,17,18,19). The molecule has 1 aromatic rings. The van der Waals surface area contributed by atoms with Gasteiger partial charge in [-0.1, -0.05) is 13.8 Å². The zero-order valence-electron chi connectivity index (χ0n) is 12.5. The molecule has 2 rings (SSSR count). The minimum Gasteiger partial charge on any atom is -0.351 e. The number of aryl methyl sites for hydroxylation is 1. The van der Waals surface area contributed by atoms with Crippen LogP contribution in [0, 0.1) is 12.8 Å². The van der Waals surface area contributed by atoms with Crippen molar-refractivity contribution < 1.29 is 0 Å². The summed E-state index contributed by atoms with van der Waals surface area (Å²) >= 11 is 0. The van der Waals surface area contributed by atoms with Gasteiger partial charge in [0.2, 0.25) is 5.95 Å². The lowest BCUT2D eigenvalue weighted by atomic mass is 9.93. The molecule has 1 aliphatic heterocycles. The Morgan fingerprint density at radius 2 is 2.11 bits per heavy atom. The Hall–Kier alpha value is -1.16. The van der Waals surface area contributed by atoms with Gasteiger partial charge in [0, 0.05) is 17.4 Å². The lowest BCUT2D eigenvalue weighted by Gasteiger charge is -2.29. The lowest BCUT2D eigenvalue weighted by Crippen LogP contribution is -2.39. The highest BCUT2D eigenvalue weighted by Crippen LogP contribution is 2.19. The van der Waals surface area contributed by atoms with Crippen LogP contribution < -0.4 is 10.6 Å². The molecule has 0 amide bonds. The highest BCUT2D eigenvalue weighted by atomic mass is 15.1. The predicted molar refractivity (Wildman–Crippen MR) is 79.5 cm³/mol. The number of aromatic nitrogens is 2. The molecule has 1 saturated heterocycles. The van der Waals surface area contributed by atoms with Crippen molar-refractivity contribution in [1.29, 1.82) is 0 Å². The van der Waals surface area contributed by atoms with Crippen LogP contribution in [0.1, 0.15) is 50.9 Å². The normalized spacial score (nSPS) is 21.4. The Kier molecular flexibility index (Phi) is 4.75. The van der Waals surface area contributed by atoms with Gasteiger partial charge in [0.05, 0.1) is 0 Å². The van der Waals surface area contributed by atoms with E-state index in [9.17, 15) is 0 Å². The van der Waals surface area contributed by atoms with Crippen molar-refractivity contribution in [2.24, 2.45) is 5.92 Å². The molecule has 0 aliphatic carbocycles. The number of piperidine rings is 1. The summed E-state index contributed by atoms with van der Waals surface area (Å²) in [6, 6.07) is 2.48. The molecule has 0 saturated carbocycles. The molecule has 0 spiro atoms. The molecule has 0 bridgehead atoms. The number of hydrogen-bond donors (Lipinski definition) is 2. The van der Waals surface area contributed by atoms with Crippen molar-refractivity contribution in [3.8, 4) is 0 Å². The third-order valence-electron chi connectivity index (χ3n) is 3.86. The Morgan fingerprint density at radius 1 is 1.32 bits per heavy atom. The Morgan fingerprint density at radius 3 is 2.74 bits per heavy atom. The van der Waals surface area contributed by atoms with Crippen LogP contribution in [0.5, 0.6) is 0 Å². The van der Waals surface area contributed by atoms with Crippen LogP contribution in [0.3, 0.4) is 0 Å². The first-order valence-electron chi connectivity index (χ1n) is 7.39. The molecule has 2 unspecified atom stereocenters. The maximum Gasteiger partial charge on any atom is 0.223 e. The van der Waals surface area contributed by atoms with Gasteiger partial charge >= 0.3 is 0 Å². The molecular formula is C15H26N4. The van der Waals surface area contributed by atoms with E-state index in [4.69, 9.17) is 0 Å². The topological polar surface area (TPSA) is 49.8 Å². The molecule has 1 fully saturated rings. The SMILES string of the molecule is Cc1cc(C(C)C)nc(NC(C)C2CCCNC2)n1. The summed E-state index contributed by atoms with van der Waals surface area (Å²) in [5, 5.41) is 6.95. The van der Waals surface area contributed by atoms with E-state index < -0.39 is 0 Å². The highest BCUT2D eigenvalue weighted by molar-refractivity contribution is 5.30. The van der Waals surface area contributed by atoms with Gasteiger partial charge in [0.25, 0.3) is 0 Å². The quantitative estimate of drug-likeness (QED) is 0.876. The second-order valence-electron chi connectivity index (χ2n) is 5.95. The van der Waals surface area contributed by atoms with Gasteiger partial charge in [-0.05, 0) is 57.7 Å². The zero-order chi connectivity index (χ0) is 13.8. The minimum absolute atomic E-state index is 0.412. The van der Waals surface area contributed by atoms with E-state index in [2.05, 4.69) is 47.4 Å². The summed E-state index contributed by atoms with van der Waals surface area (Å²) in [7, 11) is 0. The number of anilines is 1. The van der Waals surface area contributed by atoms with Crippen molar-refractivity contribution in [1.82, 2.24) is 15.3 Å². The van der Waals surface area contributed by atoms with Gasteiger partial charge in [-0.25, -0.2) is 9.97 Å². The molecule has 0 radical (unpaired) electrons. The Balaban J connectivity index is 2.05. The number of nitrogens with one attached hydrogen (secondary N) is 2. The van der Waals surface area contributed by atoms with Crippen LogP contribution in [0.4, 0.5) is 5.95 Å².